The SMILES string of the molecule is COCCCNCC(C)N(C)Cc1ccc(F)cc1. The summed E-state index contributed by atoms with van der Waals surface area (Å²) in [4.78, 5) is 2.26. The Kier molecular flexibility index (Phi) is 7.63. The van der Waals surface area contributed by atoms with Crippen LogP contribution in [0.15, 0.2) is 24.3 Å². The molecule has 1 aromatic rings. The molecule has 0 amide bonds. The molecular formula is C15H25FN2O. The molecule has 1 unspecified atom stereocenters. The number of rotatable bonds is 9. The van der Waals surface area contributed by atoms with Crippen LogP contribution in [-0.4, -0.2) is 44.8 Å². The van der Waals surface area contributed by atoms with E-state index in [0.717, 1.165) is 38.2 Å². The van der Waals surface area contributed by atoms with Gasteiger partial charge in [-0.1, -0.05) is 12.1 Å². The molecule has 0 aliphatic carbocycles. The third-order valence-electron chi connectivity index (χ3n) is 3.24. The van der Waals surface area contributed by atoms with Crippen molar-refractivity contribution in [3.63, 3.8) is 0 Å². The van der Waals surface area contributed by atoms with E-state index in [1.54, 1.807) is 7.11 Å². The Hall–Kier alpha value is -0.970. The first-order valence-electron chi connectivity index (χ1n) is 6.78. The van der Waals surface area contributed by atoms with Gasteiger partial charge in [0.05, 0.1) is 0 Å². The van der Waals surface area contributed by atoms with Gasteiger partial charge in [0.15, 0.2) is 0 Å². The fourth-order valence-corrected chi connectivity index (χ4v) is 1.84. The number of nitrogens with zero attached hydrogens (tertiary/aromatic N) is 1. The van der Waals surface area contributed by atoms with Crippen molar-refractivity contribution in [2.75, 3.05) is 33.9 Å². The normalized spacial score (nSPS) is 12.9. The second-order valence-corrected chi connectivity index (χ2v) is 4.94. The molecule has 0 spiro atoms. The number of halogens is 1. The maximum atomic E-state index is 12.8. The quantitative estimate of drug-likeness (QED) is 0.695. The van der Waals surface area contributed by atoms with E-state index in [1.807, 2.05) is 12.1 Å². The minimum Gasteiger partial charge on any atom is -0.385 e. The van der Waals surface area contributed by atoms with Crippen LogP contribution in [0.1, 0.15) is 18.9 Å². The molecule has 1 aromatic carbocycles. The van der Waals surface area contributed by atoms with Crippen molar-refractivity contribution in [3.8, 4) is 0 Å². The summed E-state index contributed by atoms with van der Waals surface area (Å²) in [6, 6.07) is 7.13. The first kappa shape index (κ1) is 16.1. The third kappa shape index (κ3) is 6.66. The third-order valence-corrected chi connectivity index (χ3v) is 3.24. The molecule has 0 aliphatic heterocycles. The van der Waals surface area contributed by atoms with Gasteiger partial charge in [0.1, 0.15) is 5.82 Å². The molecule has 0 saturated carbocycles. The van der Waals surface area contributed by atoms with Gasteiger partial charge in [-0.3, -0.25) is 4.90 Å². The predicted molar refractivity (Wildman–Crippen MR) is 76.7 cm³/mol. The Morgan fingerprint density at radius 1 is 1.32 bits per heavy atom. The van der Waals surface area contributed by atoms with Crippen LogP contribution < -0.4 is 5.32 Å². The van der Waals surface area contributed by atoms with Crippen LogP contribution in [-0.2, 0) is 11.3 Å². The second kappa shape index (κ2) is 9.02. The fraction of sp³-hybridized carbons (Fsp3) is 0.600. The van der Waals surface area contributed by atoms with E-state index in [1.165, 1.54) is 12.1 Å². The lowest BCUT2D eigenvalue weighted by Gasteiger charge is -2.25. The molecule has 19 heavy (non-hydrogen) atoms. The average molecular weight is 268 g/mol. The molecule has 1 atom stereocenters. The van der Waals surface area contributed by atoms with Crippen molar-refractivity contribution in [1.29, 1.82) is 0 Å². The van der Waals surface area contributed by atoms with Gasteiger partial charge in [0, 0.05) is 32.8 Å². The highest BCUT2D eigenvalue weighted by Crippen LogP contribution is 2.07. The van der Waals surface area contributed by atoms with E-state index < -0.39 is 0 Å². The number of hydrogen-bond acceptors (Lipinski definition) is 3. The van der Waals surface area contributed by atoms with Gasteiger partial charge in [-0.2, -0.15) is 0 Å². The Morgan fingerprint density at radius 2 is 2.00 bits per heavy atom. The van der Waals surface area contributed by atoms with Crippen LogP contribution in [0.4, 0.5) is 4.39 Å². The van der Waals surface area contributed by atoms with Crippen LogP contribution in [0, 0.1) is 5.82 Å². The molecule has 1 N–H and O–H groups in total. The van der Waals surface area contributed by atoms with E-state index >= 15 is 0 Å². The van der Waals surface area contributed by atoms with Crippen molar-refractivity contribution in [3.05, 3.63) is 35.6 Å². The lowest BCUT2D eigenvalue weighted by Crippen LogP contribution is -2.37. The molecule has 0 bridgehead atoms. The van der Waals surface area contributed by atoms with Crippen molar-refractivity contribution in [2.45, 2.75) is 25.9 Å². The topological polar surface area (TPSA) is 24.5 Å². The summed E-state index contributed by atoms with van der Waals surface area (Å²) in [5, 5.41) is 3.41. The van der Waals surface area contributed by atoms with Crippen molar-refractivity contribution in [1.82, 2.24) is 10.2 Å². The number of likely N-dealkylation sites (N-methyl/N-ethyl adjacent to an activating group) is 1. The van der Waals surface area contributed by atoms with Gasteiger partial charge in [0.25, 0.3) is 0 Å². The molecule has 3 nitrogen and oxygen atoms in total. The minimum atomic E-state index is -0.181. The molecule has 0 radical (unpaired) electrons. The van der Waals surface area contributed by atoms with E-state index in [2.05, 4.69) is 24.2 Å². The second-order valence-electron chi connectivity index (χ2n) is 4.94. The maximum absolute atomic E-state index is 12.8. The highest BCUT2D eigenvalue weighted by atomic mass is 19.1. The van der Waals surface area contributed by atoms with E-state index in [4.69, 9.17) is 4.74 Å². The summed E-state index contributed by atoms with van der Waals surface area (Å²) in [6.45, 7) is 5.74. The molecule has 1 rings (SSSR count). The van der Waals surface area contributed by atoms with Gasteiger partial charge in [0.2, 0.25) is 0 Å². The largest absolute Gasteiger partial charge is 0.385 e. The van der Waals surface area contributed by atoms with Crippen molar-refractivity contribution < 1.29 is 9.13 Å². The zero-order valence-electron chi connectivity index (χ0n) is 12.2. The van der Waals surface area contributed by atoms with E-state index in [-0.39, 0.29) is 5.82 Å². The van der Waals surface area contributed by atoms with Gasteiger partial charge in [-0.05, 0) is 44.6 Å². The number of benzene rings is 1. The molecule has 0 heterocycles. The summed E-state index contributed by atoms with van der Waals surface area (Å²) in [7, 11) is 3.81. The summed E-state index contributed by atoms with van der Waals surface area (Å²) in [5.74, 6) is -0.181. The van der Waals surface area contributed by atoms with E-state index in [9.17, 15) is 4.39 Å². The average Bonchev–Trinajstić information content (AvgIpc) is 2.41. The predicted octanol–water partition coefficient (Wildman–Crippen LogP) is 2.27. The number of ether oxygens (including phenoxy) is 1. The monoisotopic (exact) mass is 268 g/mol. The molecule has 0 saturated heterocycles. The first-order chi connectivity index (χ1) is 9.13. The zero-order chi connectivity index (χ0) is 14.1. The molecular weight excluding hydrogens is 243 g/mol. The Labute approximate surface area is 115 Å². The van der Waals surface area contributed by atoms with Crippen LogP contribution in [0.5, 0.6) is 0 Å². The summed E-state index contributed by atoms with van der Waals surface area (Å²) >= 11 is 0. The highest BCUT2D eigenvalue weighted by Gasteiger charge is 2.09. The molecule has 108 valence electrons. The first-order valence-corrected chi connectivity index (χ1v) is 6.78. The summed E-state index contributed by atoms with van der Waals surface area (Å²) in [6.07, 6.45) is 1.03. The van der Waals surface area contributed by atoms with Gasteiger partial charge in [-0.25, -0.2) is 4.39 Å². The summed E-state index contributed by atoms with van der Waals surface area (Å²) in [5.41, 5.74) is 1.13. The highest BCUT2D eigenvalue weighted by molar-refractivity contribution is 5.15. The minimum absolute atomic E-state index is 0.181. The van der Waals surface area contributed by atoms with Gasteiger partial charge < -0.3 is 10.1 Å². The Bertz CT molecular complexity index is 343. The lowest BCUT2D eigenvalue weighted by molar-refractivity contribution is 0.191. The molecule has 4 heteroatoms. The van der Waals surface area contributed by atoms with Crippen LogP contribution in [0.3, 0.4) is 0 Å². The Balaban J connectivity index is 2.24. The van der Waals surface area contributed by atoms with Crippen molar-refractivity contribution >= 4 is 0 Å². The van der Waals surface area contributed by atoms with Crippen LogP contribution >= 0.6 is 0 Å². The smallest absolute Gasteiger partial charge is 0.123 e. The maximum Gasteiger partial charge on any atom is 0.123 e. The Morgan fingerprint density at radius 3 is 2.63 bits per heavy atom. The fourth-order valence-electron chi connectivity index (χ4n) is 1.84. The standard InChI is InChI=1S/C15H25FN2O/c1-13(11-17-9-4-10-19-3)18(2)12-14-5-7-15(16)8-6-14/h5-8,13,17H,4,9-12H2,1-3H3. The zero-order valence-corrected chi connectivity index (χ0v) is 12.2. The molecule has 0 aliphatic rings. The van der Waals surface area contributed by atoms with Gasteiger partial charge >= 0.3 is 0 Å². The number of nitrogens with one attached hydrogen (secondary N) is 1. The number of hydrogen-bond donors (Lipinski definition) is 1. The van der Waals surface area contributed by atoms with Crippen LogP contribution in [0.2, 0.25) is 0 Å². The molecule has 0 fully saturated rings. The van der Waals surface area contributed by atoms with Gasteiger partial charge in [-0.15, -0.1) is 0 Å². The lowest BCUT2D eigenvalue weighted by atomic mass is 10.2. The van der Waals surface area contributed by atoms with E-state index in [0.29, 0.717) is 6.04 Å². The number of methoxy groups -OCH3 is 1. The van der Waals surface area contributed by atoms with Crippen LogP contribution in [0.25, 0.3) is 0 Å². The van der Waals surface area contributed by atoms with Crippen molar-refractivity contribution in [2.24, 2.45) is 0 Å². The molecule has 0 aromatic heterocycles. The summed E-state index contributed by atoms with van der Waals surface area (Å²) < 4.78 is 17.8.